The van der Waals surface area contributed by atoms with Crippen molar-refractivity contribution in [2.45, 2.75) is 25.8 Å². The molecule has 0 unspecified atom stereocenters. The van der Waals surface area contributed by atoms with Crippen LogP contribution in [0.1, 0.15) is 24.1 Å². The van der Waals surface area contributed by atoms with Gasteiger partial charge in [-0.3, -0.25) is 4.79 Å². The van der Waals surface area contributed by atoms with Gasteiger partial charge in [-0.25, -0.2) is 4.79 Å². The van der Waals surface area contributed by atoms with E-state index >= 15 is 0 Å². The van der Waals surface area contributed by atoms with Crippen LogP contribution in [0.15, 0.2) is 48.5 Å². The number of aromatic hydroxyl groups is 1. The maximum absolute atomic E-state index is 12.5. The number of phenols is 1. The van der Waals surface area contributed by atoms with Crippen LogP contribution >= 0.6 is 0 Å². The lowest BCUT2D eigenvalue weighted by atomic mass is 10.0. The van der Waals surface area contributed by atoms with Crippen LogP contribution in [0.5, 0.6) is 5.75 Å². The molecule has 150 valence electrons. The summed E-state index contributed by atoms with van der Waals surface area (Å²) >= 11 is 0. The van der Waals surface area contributed by atoms with Gasteiger partial charge < -0.3 is 25.6 Å². The number of para-hydroxylation sites is 1. The van der Waals surface area contributed by atoms with Crippen LogP contribution in [0.25, 0.3) is 10.9 Å². The molecule has 0 aliphatic carbocycles. The molecule has 3 aromatic rings. The number of carbonyl (C=O) groups excluding carboxylic acids is 2. The average molecular weight is 392 g/mol. The Balaban J connectivity index is 1.22. The number of fused-ring (bicyclic) bond motifs is 3. The van der Waals surface area contributed by atoms with Crippen molar-refractivity contribution < 1.29 is 14.7 Å². The Bertz CT molecular complexity index is 1030. The molecule has 0 saturated carbocycles. The number of hydrogen-bond acceptors (Lipinski definition) is 3. The van der Waals surface area contributed by atoms with Crippen molar-refractivity contribution in [2.24, 2.45) is 0 Å². The average Bonchev–Trinajstić information content (AvgIpc) is 3.10. The maximum atomic E-state index is 12.5. The monoisotopic (exact) mass is 392 g/mol. The summed E-state index contributed by atoms with van der Waals surface area (Å²) < 4.78 is 0. The summed E-state index contributed by atoms with van der Waals surface area (Å²) in [5, 5.41) is 16.2. The van der Waals surface area contributed by atoms with Crippen molar-refractivity contribution in [3.8, 4) is 5.75 Å². The second kappa shape index (κ2) is 8.26. The number of carbonyl (C=O) groups is 2. The van der Waals surface area contributed by atoms with Gasteiger partial charge in [0.25, 0.3) is 0 Å². The lowest BCUT2D eigenvalue weighted by Gasteiger charge is -2.27. The number of H-pyrrole nitrogens is 1. The van der Waals surface area contributed by atoms with Gasteiger partial charge in [-0.2, -0.15) is 0 Å². The third-order valence-corrected chi connectivity index (χ3v) is 5.18. The lowest BCUT2D eigenvalue weighted by molar-refractivity contribution is -0.116. The Labute approximate surface area is 168 Å². The van der Waals surface area contributed by atoms with E-state index in [1.54, 1.807) is 17.0 Å². The van der Waals surface area contributed by atoms with E-state index in [1.807, 2.05) is 12.1 Å². The molecule has 7 heteroatoms. The topological polar surface area (TPSA) is 97.5 Å². The number of hydrogen-bond donors (Lipinski definition) is 4. The molecule has 1 aliphatic heterocycles. The van der Waals surface area contributed by atoms with Crippen molar-refractivity contribution in [1.29, 1.82) is 0 Å². The fraction of sp³-hybridized carbons (Fsp3) is 0.273. The van der Waals surface area contributed by atoms with Crippen LogP contribution in [0, 0.1) is 0 Å². The van der Waals surface area contributed by atoms with Crippen molar-refractivity contribution >= 4 is 28.5 Å². The van der Waals surface area contributed by atoms with E-state index < -0.39 is 0 Å². The van der Waals surface area contributed by atoms with Gasteiger partial charge >= 0.3 is 6.03 Å². The second-order valence-corrected chi connectivity index (χ2v) is 7.23. The Morgan fingerprint density at radius 3 is 2.72 bits per heavy atom. The highest BCUT2D eigenvalue weighted by Crippen LogP contribution is 2.27. The Morgan fingerprint density at radius 2 is 1.90 bits per heavy atom. The number of benzene rings is 2. The Kier molecular flexibility index (Phi) is 5.37. The number of anilines is 1. The largest absolute Gasteiger partial charge is 0.508 e. The highest BCUT2D eigenvalue weighted by atomic mass is 16.3. The number of amides is 3. The summed E-state index contributed by atoms with van der Waals surface area (Å²) in [5.74, 6) is 0.0358. The number of phenolic OH excluding ortho intramolecular Hbond substituents is 1. The van der Waals surface area contributed by atoms with Crippen molar-refractivity contribution in [3.05, 3.63) is 59.8 Å². The zero-order valence-corrected chi connectivity index (χ0v) is 16.1. The van der Waals surface area contributed by atoms with E-state index in [0.717, 1.165) is 17.6 Å². The predicted molar refractivity (Wildman–Crippen MR) is 112 cm³/mol. The van der Waals surface area contributed by atoms with Crippen LogP contribution in [-0.2, 0) is 17.8 Å². The molecule has 0 atom stereocenters. The number of nitrogens with zero attached hydrogens (tertiary/aromatic N) is 1. The summed E-state index contributed by atoms with van der Waals surface area (Å²) in [7, 11) is 0. The number of aromatic nitrogens is 1. The summed E-state index contributed by atoms with van der Waals surface area (Å²) in [6.45, 7) is 1.69. The highest BCUT2D eigenvalue weighted by molar-refractivity contribution is 5.90. The van der Waals surface area contributed by atoms with Gasteiger partial charge in [0.2, 0.25) is 5.91 Å². The summed E-state index contributed by atoms with van der Waals surface area (Å²) in [6.07, 6.45) is 1.70. The standard InChI is InChI=1S/C22H24N4O3/c27-16-9-7-15(8-10-16)24-21(28)6-3-12-23-22(29)26-13-11-18-17-4-1-2-5-19(17)25-20(18)14-26/h1-2,4-5,7-10,25,27H,3,6,11-14H2,(H,23,29)(H,24,28). The number of nitrogens with one attached hydrogen (secondary N) is 3. The van der Waals surface area contributed by atoms with Crippen molar-refractivity contribution in [3.63, 3.8) is 0 Å². The molecule has 1 aromatic heterocycles. The molecular formula is C22H24N4O3. The second-order valence-electron chi connectivity index (χ2n) is 7.23. The molecule has 0 bridgehead atoms. The van der Waals surface area contributed by atoms with E-state index in [2.05, 4.69) is 27.8 Å². The number of rotatable bonds is 5. The molecule has 0 fully saturated rings. The van der Waals surface area contributed by atoms with Crippen LogP contribution in [0.3, 0.4) is 0 Å². The van der Waals surface area contributed by atoms with Gasteiger partial charge in [-0.05, 0) is 48.7 Å². The molecule has 29 heavy (non-hydrogen) atoms. The number of urea groups is 1. The molecule has 0 spiro atoms. The number of aromatic amines is 1. The van der Waals surface area contributed by atoms with Gasteiger partial charge in [0.1, 0.15) is 5.75 Å². The SMILES string of the molecule is O=C(CCCNC(=O)N1CCc2c([nH]c3ccccc23)C1)Nc1ccc(O)cc1. The zero-order chi connectivity index (χ0) is 20.2. The smallest absolute Gasteiger partial charge is 0.317 e. The van der Waals surface area contributed by atoms with Crippen LogP contribution < -0.4 is 10.6 Å². The van der Waals surface area contributed by atoms with E-state index in [0.29, 0.717) is 38.2 Å². The quantitative estimate of drug-likeness (QED) is 0.396. The molecular weight excluding hydrogens is 368 g/mol. The van der Waals surface area contributed by atoms with Crippen LogP contribution in [0.2, 0.25) is 0 Å². The van der Waals surface area contributed by atoms with E-state index in [1.165, 1.54) is 23.1 Å². The van der Waals surface area contributed by atoms with E-state index in [9.17, 15) is 14.7 Å². The van der Waals surface area contributed by atoms with Crippen molar-refractivity contribution in [1.82, 2.24) is 15.2 Å². The summed E-state index contributed by atoms with van der Waals surface area (Å²) in [4.78, 5) is 29.7. The first kappa shape index (κ1) is 18.9. The van der Waals surface area contributed by atoms with Crippen molar-refractivity contribution in [2.75, 3.05) is 18.4 Å². The molecule has 4 N–H and O–H groups in total. The predicted octanol–water partition coefficient (Wildman–Crippen LogP) is 3.36. The van der Waals surface area contributed by atoms with Gasteiger partial charge in [0.05, 0.1) is 6.54 Å². The Morgan fingerprint density at radius 1 is 1.10 bits per heavy atom. The minimum Gasteiger partial charge on any atom is -0.508 e. The molecule has 2 aromatic carbocycles. The molecule has 0 radical (unpaired) electrons. The van der Waals surface area contributed by atoms with Gasteiger partial charge in [0, 0.05) is 41.8 Å². The first-order valence-electron chi connectivity index (χ1n) is 9.80. The molecule has 1 aliphatic rings. The zero-order valence-electron chi connectivity index (χ0n) is 16.1. The summed E-state index contributed by atoms with van der Waals surface area (Å²) in [5.41, 5.74) is 4.15. The van der Waals surface area contributed by atoms with E-state index in [-0.39, 0.29) is 17.7 Å². The maximum Gasteiger partial charge on any atom is 0.317 e. The minimum absolute atomic E-state index is 0.103. The van der Waals surface area contributed by atoms with Gasteiger partial charge in [-0.1, -0.05) is 18.2 Å². The first-order chi connectivity index (χ1) is 14.1. The molecule has 2 heterocycles. The molecule has 3 amide bonds. The Hall–Kier alpha value is -3.48. The fourth-order valence-electron chi connectivity index (χ4n) is 3.69. The normalized spacial score (nSPS) is 13.2. The first-order valence-corrected chi connectivity index (χ1v) is 9.80. The summed E-state index contributed by atoms with van der Waals surface area (Å²) in [6, 6.07) is 14.4. The van der Waals surface area contributed by atoms with Gasteiger partial charge in [-0.15, -0.1) is 0 Å². The van der Waals surface area contributed by atoms with Gasteiger partial charge in [0.15, 0.2) is 0 Å². The third-order valence-electron chi connectivity index (χ3n) is 5.18. The van der Waals surface area contributed by atoms with Crippen LogP contribution in [0.4, 0.5) is 10.5 Å². The lowest BCUT2D eigenvalue weighted by Crippen LogP contribution is -2.43. The molecule has 0 saturated heterocycles. The third kappa shape index (κ3) is 4.34. The molecule has 7 nitrogen and oxygen atoms in total. The minimum atomic E-state index is -0.120. The fourth-order valence-corrected chi connectivity index (χ4v) is 3.69. The van der Waals surface area contributed by atoms with Crippen LogP contribution in [-0.4, -0.2) is 40.0 Å². The van der Waals surface area contributed by atoms with E-state index in [4.69, 9.17) is 0 Å². The highest BCUT2D eigenvalue weighted by Gasteiger charge is 2.23. The molecule has 4 rings (SSSR count).